The van der Waals surface area contributed by atoms with Crippen molar-refractivity contribution in [3.05, 3.63) is 25.0 Å². The molecule has 1 aliphatic carbocycles. The quantitative estimate of drug-likeness (QED) is 0.453. The Hall–Kier alpha value is -1.25. The molecule has 96 valence electrons. The molecule has 0 aromatic rings. The molecule has 0 amide bonds. The topological polar surface area (TPSA) is 46.5 Å². The molecule has 1 aliphatic rings. The van der Waals surface area contributed by atoms with Gasteiger partial charge in [-0.1, -0.05) is 19.1 Å². The Morgan fingerprint density at radius 3 is 2.47 bits per heavy atom. The highest BCUT2D eigenvalue weighted by Crippen LogP contribution is 2.40. The van der Waals surface area contributed by atoms with E-state index in [2.05, 4.69) is 13.2 Å². The number of hydrogen-bond donors (Lipinski definition) is 1. The highest BCUT2D eigenvalue weighted by molar-refractivity contribution is 5.66. The predicted octanol–water partition coefficient (Wildman–Crippen LogP) is 3.52. The number of allylic oxidation sites excluding steroid dienone is 1. The fourth-order valence-corrected chi connectivity index (χ4v) is 2.72. The van der Waals surface area contributed by atoms with Crippen LogP contribution in [0.25, 0.3) is 0 Å². The Morgan fingerprint density at radius 1 is 1.47 bits per heavy atom. The summed E-state index contributed by atoms with van der Waals surface area (Å²) in [4.78, 5) is 11.3. The van der Waals surface area contributed by atoms with Crippen LogP contribution in [0.4, 0.5) is 0 Å². The van der Waals surface area contributed by atoms with E-state index in [4.69, 9.17) is 4.74 Å². The summed E-state index contributed by atoms with van der Waals surface area (Å²) in [6, 6.07) is 0. The zero-order valence-corrected chi connectivity index (χ0v) is 10.6. The van der Waals surface area contributed by atoms with Gasteiger partial charge in [0, 0.05) is 19.3 Å². The smallest absolute Gasteiger partial charge is 0.303 e. The van der Waals surface area contributed by atoms with Gasteiger partial charge in [-0.05, 0) is 25.7 Å². The van der Waals surface area contributed by atoms with Crippen LogP contribution in [0.2, 0.25) is 0 Å². The van der Waals surface area contributed by atoms with E-state index in [0.29, 0.717) is 6.42 Å². The standard InChI is InChI=1S/C14H22O3/c1-4-13(10-11(2)15)14(17-12(3)16)8-6-5-7-9-14/h4,13,15H,1-2,5-10H2,3H3. The van der Waals surface area contributed by atoms with Gasteiger partial charge in [0.1, 0.15) is 5.60 Å². The van der Waals surface area contributed by atoms with Gasteiger partial charge in [0.25, 0.3) is 0 Å². The van der Waals surface area contributed by atoms with E-state index in [1.165, 1.54) is 13.3 Å². The van der Waals surface area contributed by atoms with E-state index in [0.717, 1.165) is 25.7 Å². The van der Waals surface area contributed by atoms with Gasteiger partial charge in [-0.15, -0.1) is 6.58 Å². The van der Waals surface area contributed by atoms with E-state index in [9.17, 15) is 9.90 Å². The van der Waals surface area contributed by atoms with Crippen LogP contribution in [0.3, 0.4) is 0 Å². The monoisotopic (exact) mass is 238 g/mol. The average Bonchev–Trinajstić information content (AvgIpc) is 2.25. The van der Waals surface area contributed by atoms with E-state index in [1.807, 2.05) is 0 Å². The summed E-state index contributed by atoms with van der Waals surface area (Å²) in [5.74, 6) is -0.196. The average molecular weight is 238 g/mol. The Balaban J connectivity index is 2.88. The largest absolute Gasteiger partial charge is 0.513 e. The lowest BCUT2D eigenvalue weighted by atomic mass is 9.74. The van der Waals surface area contributed by atoms with Crippen LogP contribution in [0.5, 0.6) is 0 Å². The summed E-state index contributed by atoms with van der Waals surface area (Å²) in [6.45, 7) is 8.75. The predicted molar refractivity (Wildman–Crippen MR) is 67.7 cm³/mol. The highest BCUT2D eigenvalue weighted by Gasteiger charge is 2.41. The van der Waals surface area contributed by atoms with Gasteiger partial charge >= 0.3 is 5.97 Å². The number of aliphatic hydroxyl groups is 1. The van der Waals surface area contributed by atoms with Crippen molar-refractivity contribution in [1.82, 2.24) is 0 Å². The summed E-state index contributed by atoms with van der Waals surface area (Å²) < 4.78 is 5.57. The maximum absolute atomic E-state index is 11.3. The number of ether oxygens (including phenoxy) is 1. The first-order chi connectivity index (χ1) is 8.00. The molecule has 0 saturated heterocycles. The molecule has 0 spiro atoms. The van der Waals surface area contributed by atoms with Crippen LogP contribution < -0.4 is 0 Å². The zero-order valence-electron chi connectivity index (χ0n) is 10.6. The van der Waals surface area contributed by atoms with Gasteiger partial charge in [0.2, 0.25) is 0 Å². The maximum Gasteiger partial charge on any atom is 0.303 e. The maximum atomic E-state index is 11.3. The minimum absolute atomic E-state index is 0.0517. The lowest BCUT2D eigenvalue weighted by molar-refractivity contribution is -0.166. The second-order valence-corrected chi connectivity index (χ2v) is 4.83. The van der Waals surface area contributed by atoms with Gasteiger partial charge in [-0.2, -0.15) is 0 Å². The van der Waals surface area contributed by atoms with Gasteiger partial charge in [0.15, 0.2) is 0 Å². The number of hydrogen-bond acceptors (Lipinski definition) is 3. The number of rotatable bonds is 5. The van der Waals surface area contributed by atoms with Crippen LogP contribution in [0.15, 0.2) is 25.0 Å². The second-order valence-electron chi connectivity index (χ2n) is 4.83. The number of carbonyl (C=O) groups is 1. The minimum atomic E-state index is -0.489. The summed E-state index contributed by atoms with van der Waals surface area (Å²) in [5, 5.41) is 9.35. The molecule has 17 heavy (non-hydrogen) atoms. The van der Waals surface area contributed by atoms with Crippen molar-refractivity contribution in [1.29, 1.82) is 0 Å². The molecule has 0 aromatic heterocycles. The van der Waals surface area contributed by atoms with Crippen LogP contribution in [0, 0.1) is 5.92 Å². The van der Waals surface area contributed by atoms with Gasteiger partial charge in [-0.25, -0.2) is 0 Å². The van der Waals surface area contributed by atoms with E-state index in [-0.39, 0.29) is 17.6 Å². The Kier molecular flexibility index (Phi) is 4.79. The highest BCUT2D eigenvalue weighted by atomic mass is 16.6. The summed E-state index contributed by atoms with van der Waals surface area (Å²) in [5.41, 5.74) is -0.489. The molecule has 1 N–H and O–H groups in total. The Morgan fingerprint density at radius 2 is 2.06 bits per heavy atom. The fraction of sp³-hybridized carbons (Fsp3) is 0.643. The van der Waals surface area contributed by atoms with Gasteiger partial charge < -0.3 is 9.84 Å². The Bertz CT molecular complexity index is 301. The molecule has 1 atom stereocenters. The molecule has 1 unspecified atom stereocenters. The van der Waals surface area contributed by atoms with E-state index in [1.54, 1.807) is 6.08 Å². The van der Waals surface area contributed by atoms with Gasteiger partial charge in [-0.3, -0.25) is 4.79 Å². The van der Waals surface area contributed by atoms with Crippen molar-refractivity contribution < 1.29 is 14.6 Å². The van der Waals surface area contributed by atoms with E-state index < -0.39 is 5.60 Å². The summed E-state index contributed by atoms with van der Waals surface area (Å²) in [6.07, 6.45) is 7.15. The third kappa shape index (κ3) is 3.62. The fourth-order valence-electron chi connectivity index (χ4n) is 2.72. The minimum Gasteiger partial charge on any atom is -0.513 e. The molecule has 0 aromatic carbocycles. The first-order valence-electron chi connectivity index (χ1n) is 6.19. The lowest BCUT2D eigenvalue weighted by Crippen LogP contribution is -2.43. The van der Waals surface area contributed by atoms with Crippen molar-refractivity contribution in [2.45, 2.75) is 51.0 Å². The first kappa shape index (κ1) is 13.8. The van der Waals surface area contributed by atoms with Crippen molar-refractivity contribution in [2.24, 2.45) is 5.92 Å². The molecular weight excluding hydrogens is 216 g/mol. The molecule has 3 heteroatoms. The molecule has 1 rings (SSSR count). The van der Waals surface area contributed by atoms with Crippen molar-refractivity contribution in [2.75, 3.05) is 0 Å². The SMILES string of the molecule is C=CC(CC(=C)O)C1(OC(C)=O)CCCCC1. The van der Waals surface area contributed by atoms with Crippen LogP contribution in [-0.2, 0) is 9.53 Å². The van der Waals surface area contributed by atoms with E-state index >= 15 is 0 Å². The van der Waals surface area contributed by atoms with Crippen LogP contribution in [-0.4, -0.2) is 16.7 Å². The normalized spacial score (nSPS) is 20.3. The van der Waals surface area contributed by atoms with Crippen molar-refractivity contribution in [3.8, 4) is 0 Å². The molecular formula is C14H22O3. The third-order valence-electron chi connectivity index (χ3n) is 3.46. The van der Waals surface area contributed by atoms with Crippen molar-refractivity contribution >= 4 is 5.97 Å². The molecule has 1 saturated carbocycles. The van der Waals surface area contributed by atoms with Crippen molar-refractivity contribution in [3.63, 3.8) is 0 Å². The summed E-state index contributed by atoms with van der Waals surface area (Å²) >= 11 is 0. The molecule has 1 fully saturated rings. The molecule has 0 bridgehead atoms. The second kappa shape index (κ2) is 5.89. The number of aliphatic hydroxyl groups excluding tert-OH is 1. The number of carbonyl (C=O) groups excluding carboxylic acids is 1. The molecule has 3 nitrogen and oxygen atoms in total. The Labute approximate surface area is 103 Å². The van der Waals surface area contributed by atoms with Crippen LogP contribution in [0.1, 0.15) is 45.4 Å². The lowest BCUT2D eigenvalue weighted by Gasteiger charge is -2.41. The number of esters is 1. The zero-order chi connectivity index (χ0) is 12.9. The third-order valence-corrected chi connectivity index (χ3v) is 3.46. The molecule has 0 aliphatic heterocycles. The van der Waals surface area contributed by atoms with Gasteiger partial charge in [0.05, 0.1) is 5.76 Å². The van der Waals surface area contributed by atoms with Crippen LogP contribution >= 0.6 is 0 Å². The molecule has 0 radical (unpaired) electrons. The summed E-state index contributed by atoms with van der Waals surface area (Å²) in [7, 11) is 0. The molecule has 0 heterocycles. The first-order valence-corrected chi connectivity index (χ1v) is 6.19.